The van der Waals surface area contributed by atoms with Crippen LogP contribution in [0.15, 0.2) is 48.7 Å². The molecular weight excluding hydrogens is 495 g/mol. The minimum Gasteiger partial charge on any atom is -0.493 e. The molecule has 2 aromatic carbocycles. The van der Waals surface area contributed by atoms with E-state index in [0.29, 0.717) is 46.6 Å². The summed E-state index contributed by atoms with van der Waals surface area (Å²) in [5.41, 5.74) is 1.89. The number of ether oxygens (including phenoxy) is 2. The Morgan fingerprint density at radius 3 is 2.58 bits per heavy atom. The van der Waals surface area contributed by atoms with Crippen LogP contribution in [0, 0.1) is 5.82 Å². The zero-order valence-electron chi connectivity index (χ0n) is 21.8. The van der Waals surface area contributed by atoms with Gasteiger partial charge in [-0.15, -0.1) is 0 Å². The molecule has 1 atom stereocenters. The molecule has 0 bridgehead atoms. The van der Waals surface area contributed by atoms with Gasteiger partial charge in [0.2, 0.25) is 0 Å². The van der Waals surface area contributed by atoms with Gasteiger partial charge in [-0.1, -0.05) is 24.3 Å². The molecule has 8 heteroatoms. The van der Waals surface area contributed by atoms with Crippen LogP contribution in [-0.2, 0) is 16.0 Å². The zero-order chi connectivity index (χ0) is 27.8. The Morgan fingerprint density at radius 1 is 1.21 bits per heavy atom. The van der Waals surface area contributed by atoms with Gasteiger partial charge in [-0.25, -0.2) is 18.0 Å². The summed E-state index contributed by atoms with van der Waals surface area (Å²) >= 11 is 0. The van der Waals surface area contributed by atoms with Gasteiger partial charge in [0.1, 0.15) is 11.6 Å². The molecule has 0 radical (unpaired) electrons. The van der Waals surface area contributed by atoms with Crippen molar-refractivity contribution in [1.29, 1.82) is 0 Å². The number of alkyl halides is 2. The normalized spacial score (nSPS) is 14.5. The zero-order valence-corrected chi connectivity index (χ0v) is 21.8. The van der Waals surface area contributed by atoms with Crippen molar-refractivity contribution in [2.45, 2.75) is 58.7 Å². The highest BCUT2D eigenvalue weighted by molar-refractivity contribution is 6.00. The van der Waals surface area contributed by atoms with Crippen molar-refractivity contribution < 1.29 is 32.5 Å². The van der Waals surface area contributed by atoms with E-state index in [0.717, 1.165) is 17.0 Å². The van der Waals surface area contributed by atoms with Gasteiger partial charge < -0.3 is 14.6 Å². The second-order valence-electron chi connectivity index (χ2n) is 10.4. The Kier molecular flexibility index (Phi) is 7.65. The number of carboxylic acids is 1. The van der Waals surface area contributed by atoms with E-state index < -0.39 is 35.5 Å². The average Bonchev–Trinajstić information content (AvgIpc) is 2.84. The summed E-state index contributed by atoms with van der Waals surface area (Å²) in [6.45, 7) is 11.5. The molecule has 0 aliphatic carbocycles. The van der Waals surface area contributed by atoms with E-state index in [1.807, 2.05) is 6.07 Å². The number of rotatable bonds is 8. The van der Waals surface area contributed by atoms with Crippen molar-refractivity contribution in [2.24, 2.45) is 0 Å². The number of benzene rings is 2. The third-order valence-electron chi connectivity index (χ3n) is 6.33. The predicted molar refractivity (Wildman–Crippen MR) is 141 cm³/mol. The molecule has 5 nitrogen and oxygen atoms in total. The fraction of sp³-hybridized carbons (Fsp3) is 0.333. The smallest absolute Gasteiger partial charge is 0.333 e. The van der Waals surface area contributed by atoms with Crippen LogP contribution < -0.4 is 4.74 Å². The first-order valence-corrected chi connectivity index (χ1v) is 12.3. The van der Waals surface area contributed by atoms with Crippen molar-refractivity contribution in [3.05, 3.63) is 82.3 Å². The molecule has 1 aliphatic rings. The van der Waals surface area contributed by atoms with Crippen LogP contribution in [0.5, 0.6) is 5.75 Å². The predicted octanol–water partition coefficient (Wildman–Crippen LogP) is 7.37. The summed E-state index contributed by atoms with van der Waals surface area (Å²) in [5, 5.41) is 10.5. The summed E-state index contributed by atoms with van der Waals surface area (Å²) in [6.07, 6.45) is -0.476. The summed E-state index contributed by atoms with van der Waals surface area (Å²) in [4.78, 5) is 16.3. The molecule has 3 aromatic rings. The van der Waals surface area contributed by atoms with Gasteiger partial charge >= 0.3 is 5.97 Å². The second-order valence-corrected chi connectivity index (χ2v) is 10.4. The molecule has 0 amide bonds. The number of hydrogen-bond acceptors (Lipinski definition) is 4. The van der Waals surface area contributed by atoms with Crippen LogP contribution in [-0.4, -0.2) is 34.4 Å². The topological polar surface area (TPSA) is 68.7 Å². The Balaban J connectivity index is 1.82. The van der Waals surface area contributed by atoms with Crippen LogP contribution in [0.3, 0.4) is 0 Å². The lowest BCUT2D eigenvalue weighted by Gasteiger charge is -2.25. The molecular formula is C30H30F3NO4. The van der Waals surface area contributed by atoms with Crippen molar-refractivity contribution in [2.75, 3.05) is 6.61 Å². The van der Waals surface area contributed by atoms with Gasteiger partial charge in [0.05, 0.1) is 23.3 Å². The Bertz CT molecular complexity index is 1430. The molecule has 1 aromatic heterocycles. The fourth-order valence-electron chi connectivity index (χ4n) is 4.68. The number of aliphatic carboxylic acids is 1. The van der Waals surface area contributed by atoms with Crippen LogP contribution in [0.2, 0.25) is 0 Å². The number of aromatic nitrogens is 1. The molecule has 1 aliphatic heterocycles. The molecule has 200 valence electrons. The number of nitrogens with zero attached hydrogens (tertiary/aromatic N) is 1. The highest BCUT2D eigenvalue weighted by Crippen LogP contribution is 2.39. The lowest BCUT2D eigenvalue weighted by atomic mass is 9.89. The highest BCUT2D eigenvalue weighted by atomic mass is 19.3. The number of carbonyl (C=O) groups is 1. The van der Waals surface area contributed by atoms with Gasteiger partial charge in [-0.05, 0) is 68.7 Å². The summed E-state index contributed by atoms with van der Waals surface area (Å²) < 4.78 is 54.2. The standard InChI is InChI=1S/C30H30F3NO4/c1-16(15-24(29(35)36)38-30(3,4)5)14-22-19(6-7-21(26(22)31)28(32)33)17(2)20-8-9-23-25-18(11-13-37-23)10-12-34-27(20)25/h6-10,12,14,24,28H,2,11,13,15H2,1,3-5H3,(H,35,36). The van der Waals surface area contributed by atoms with Crippen LogP contribution in [0.4, 0.5) is 13.2 Å². The van der Waals surface area contributed by atoms with Crippen LogP contribution >= 0.6 is 0 Å². The van der Waals surface area contributed by atoms with Gasteiger partial charge in [-0.3, -0.25) is 4.98 Å². The largest absolute Gasteiger partial charge is 0.493 e. The SMILES string of the molecule is C=C(c1ccc(C(F)F)c(F)c1C=C(C)CC(OC(C)(C)C)C(=O)O)c1ccc2c3c(ccnc13)CCO2. The Labute approximate surface area is 219 Å². The van der Waals surface area contributed by atoms with Crippen molar-refractivity contribution in [1.82, 2.24) is 4.98 Å². The maximum absolute atomic E-state index is 15.5. The fourth-order valence-corrected chi connectivity index (χ4v) is 4.68. The first-order chi connectivity index (χ1) is 17.9. The van der Waals surface area contributed by atoms with Gasteiger partial charge in [0, 0.05) is 35.6 Å². The van der Waals surface area contributed by atoms with E-state index in [4.69, 9.17) is 9.47 Å². The van der Waals surface area contributed by atoms with Crippen molar-refractivity contribution in [3.8, 4) is 5.75 Å². The monoisotopic (exact) mass is 525 g/mol. The summed E-state index contributed by atoms with van der Waals surface area (Å²) in [5.74, 6) is -1.56. The van der Waals surface area contributed by atoms with Gasteiger partial charge in [-0.2, -0.15) is 0 Å². The van der Waals surface area contributed by atoms with E-state index >= 15 is 4.39 Å². The first-order valence-electron chi connectivity index (χ1n) is 12.3. The molecule has 0 saturated carbocycles. The molecule has 1 unspecified atom stereocenters. The van der Waals surface area contributed by atoms with Crippen LogP contribution in [0.25, 0.3) is 22.6 Å². The van der Waals surface area contributed by atoms with Gasteiger partial charge in [0.15, 0.2) is 6.10 Å². The molecule has 0 saturated heterocycles. The first kappa shape index (κ1) is 27.4. The molecule has 0 spiro atoms. The summed E-state index contributed by atoms with van der Waals surface area (Å²) in [7, 11) is 0. The van der Waals surface area contributed by atoms with Crippen molar-refractivity contribution >= 4 is 28.5 Å². The average molecular weight is 526 g/mol. The van der Waals surface area contributed by atoms with Crippen molar-refractivity contribution in [3.63, 3.8) is 0 Å². The minimum absolute atomic E-state index is 0.0588. The number of carboxylic acid groups (broad SMARTS) is 1. The molecule has 1 N–H and O–H groups in total. The molecule has 4 rings (SSSR count). The molecule has 2 heterocycles. The van der Waals surface area contributed by atoms with E-state index in [9.17, 15) is 18.7 Å². The maximum Gasteiger partial charge on any atom is 0.333 e. The number of halogens is 3. The number of hydrogen-bond donors (Lipinski definition) is 1. The summed E-state index contributed by atoms with van der Waals surface area (Å²) in [6, 6.07) is 7.97. The quantitative estimate of drug-likeness (QED) is 0.333. The van der Waals surface area contributed by atoms with E-state index in [1.165, 1.54) is 12.1 Å². The third-order valence-corrected chi connectivity index (χ3v) is 6.33. The van der Waals surface area contributed by atoms with E-state index in [-0.39, 0.29) is 12.0 Å². The van der Waals surface area contributed by atoms with E-state index in [2.05, 4.69) is 11.6 Å². The Morgan fingerprint density at radius 2 is 1.92 bits per heavy atom. The highest BCUT2D eigenvalue weighted by Gasteiger charge is 2.27. The maximum atomic E-state index is 15.5. The lowest BCUT2D eigenvalue weighted by Crippen LogP contribution is -2.33. The minimum atomic E-state index is -3.03. The second kappa shape index (κ2) is 10.6. The molecule has 0 fully saturated rings. The third kappa shape index (κ3) is 5.60. The van der Waals surface area contributed by atoms with E-state index in [1.54, 1.807) is 46.0 Å². The molecule has 38 heavy (non-hydrogen) atoms. The van der Waals surface area contributed by atoms with Crippen LogP contribution in [0.1, 0.15) is 68.4 Å². The Hall–Kier alpha value is -3.65. The number of pyridine rings is 1. The lowest BCUT2D eigenvalue weighted by molar-refractivity contribution is -0.159. The van der Waals surface area contributed by atoms with Gasteiger partial charge in [0.25, 0.3) is 6.43 Å².